The van der Waals surface area contributed by atoms with Gasteiger partial charge in [-0.15, -0.1) is 0 Å². The van der Waals surface area contributed by atoms with E-state index >= 15 is 0 Å². The van der Waals surface area contributed by atoms with Gasteiger partial charge in [-0.3, -0.25) is 9.69 Å². The van der Waals surface area contributed by atoms with Gasteiger partial charge >= 0.3 is 0 Å². The van der Waals surface area contributed by atoms with Gasteiger partial charge in [-0.2, -0.15) is 0 Å². The normalized spacial score (nSPS) is 19.4. The SMILES string of the molecule is O=C1c2ccccc2C(O)(c2ccccc2)N1c1ccc(Br)cc1. The summed E-state index contributed by atoms with van der Waals surface area (Å²) in [6.45, 7) is 0. The fourth-order valence-electron chi connectivity index (χ4n) is 3.21. The van der Waals surface area contributed by atoms with E-state index in [2.05, 4.69) is 15.9 Å². The van der Waals surface area contributed by atoms with Crippen LogP contribution in [0, 0.1) is 0 Å². The fourth-order valence-corrected chi connectivity index (χ4v) is 3.48. The maximum Gasteiger partial charge on any atom is 0.261 e. The molecule has 1 aliphatic rings. The van der Waals surface area contributed by atoms with E-state index in [1.807, 2.05) is 66.7 Å². The topological polar surface area (TPSA) is 40.5 Å². The van der Waals surface area contributed by atoms with Crippen LogP contribution in [-0.4, -0.2) is 11.0 Å². The predicted molar refractivity (Wildman–Crippen MR) is 96.8 cm³/mol. The molecule has 0 saturated carbocycles. The summed E-state index contributed by atoms with van der Waals surface area (Å²) >= 11 is 3.40. The molecule has 118 valence electrons. The van der Waals surface area contributed by atoms with Crippen molar-refractivity contribution < 1.29 is 9.90 Å². The lowest BCUT2D eigenvalue weighted by Crippen LogP contribution is -2.45. The summed E-state index contributed by atoms with van der Waals surface area (Å²) in [5.74, 6) is -0.209. The number of aliphatic hydroxyl groups is 1. The zero-order chi connectivity index (χ0) is 16.7. The van der Waals surface area contributed by atoms with Crippen molar-refractivity contribution in [1.29, 1.82) is 0 Å². The molecule has 1 atom stereocenters. The van der Waals surface area contributed by atoms with Gasteiger partial charge in [0.2, 0.25) is 0 Å². The van der Waals surface area contributed by atoms with E-state index in [4.69, 9.17) is 0 Å². The smallest absolute Gasteiger partial charge is 0.261 e. The predicted octanol–water partition coefficient (Wildman–Crippen LogP) is 4.30. The minimum Gasteiger partial charge on any atom is -0.363 e. The Morgan fingerprint density at radius 2 is 1.46 bits per heavy atom. The van der Waals surface area contributed by atoms with E-state index < -0.39 is 5.72 Å². The maximum absolute atomic E-state index is 13.0. The highest BCUT2D eigenvalue weighted by atomic mass is 79.9. The molecule has 24 heavy (non-hydrogen) atoms. The molecule has 4 heteroatoms. The molecule has 0 radical (unpaired) electrons. The number of nitrogens with zero attached hydrogens (tertiary/aromatic N) is 1. The Morgan fingerprint density at radius 1 is 0.833 bits per heavy atom. The molecule has 1 unspecified atom stereocenters. The molecule has 0 spiro atoms. The average Bonchev–Trinajstić information content (AvgIpc) is 2.86. The Labute approximate surface area is 148 Å². The standard InChI is InChI=1S/C20H14BrNO2/c21-15-10-12-16(13-11-15)22-19(23)17-8-4-5-9-18(17)20(22,24)14-6-2-1-3-7-14/h1-13,24H. The van der Waals surface area contributed by atoms with E-state index in [-0.39, 0.29) is 5.91 Å². The van der Waals surface area contributed by atoms with Gasteiger partial charge in [0.1, 0.15) is 0 Å². The molecule has 0 saturated heterocycles. The lowest BCUT2D eigenvalue weighted by molar-refractivity contribution is 0.0703. The third-order valence-electron chi connectivity index (χ3n) is 4.32. The number of rotatable bonds is 2. The lowest BCUT2D eigenvalue weighted by Gasteiger charge is -2.34. The summed E-state index contributed by atoms with van der Waals surface area (Å²) < 4.78 is 0.915. The number of hydrogen-bond donors (Lipinski definition) is 1. The highest BCUT2D eigenvalue weighted by molar-refractivity contribution is 9.10. The van der Waals surface area contributed by atoms with Gasteiger partial charge in [-0.25, -0.2) is 0 Å². The maximum atomic E-state index is 13.0. The minimum atomic E-state index is -1.53. The Bertz CT molecular complexity index is 908. The Kier molecular flexibility index (Phi) is 3.52. The number of amides is 1. The number of carbonyl (C=O) groups is 1. The molecule has 3 aromatic carbocycles. The van der Waals surface area contributed by atoms with Crippen LogP contribution in [0.3, 0.4) is 0 Å². The van der Waals surface area contributed by atoms with Crippen molar-refractivity contribution in [2.24, 2.45) is 0 Å². The first-order valence-electron chi connectivity index (χ1n) is 7.60. The van der Waals surface area contributed by atoms with Crippen molar-refractivity contribution in [1.82, 2.24) is 0 Å². The molecular formula is C20H14BrNO2. The van der Waals surface area contributed by atoms with Crippen LogP contribution >= 0.6 is 15.9 Å². The quantitative estimate of drug-likeness (QED) is 0.720. The molecular weight excluding hydrogens is 366 g/mol. The van der Waals surface area contributed by atoms with Crippen molar-refractivity contribution in [3.05, 3.63) is 100 Å². The van der Waals surface area contributed by atoms with E-state index in [9.17, 15) is 9.90 Å². The lowest BCUT2D eigenvalue weighted by atomic mass is 9.93. The Balaban J connectivity index is 1.98. The summed E-state index contributed by atoms with van der Waals surface area (Å²) in [6.07, 6.45) is 0. The second-order valence-electron chi connectivity index (χ2n) is 5.70. The van der Waals surface area contributed by atoms with Crippen LogP contribution < -0.4 is 4.90 Å². The van der Waals surface area contributed by atoms with Crippen molar-refractivity contribution in [2.75, 3.05) is 4.90 Å². The van der Waals surface area contributed by atoms with E-state index in [1.54, 1.807) is 12.1 Å². The molecule has 0 aromatic heterocycles. The van der Waals surface area contributed by atoms with Crippen molar-refractivity contribution in [3.8, 4) is 0 Å². The molecule has 1 N–H and O–H groups in total. The fraction of sp³-hybridized carbons (Fsp3) is 0.0500. The summed E-state index contributed by atoms with van der Waals surface area (Å²) in [7, 11) is 0. The largest absolute Gasteiger partial charge is 0.363 e. The molecule has 0 bridgehead atoms. The summed E-state index contributed by atoms with van der Waals surface area (Å²) in [5, 5.41) is 11.7. The van der Waals surface area contributed by atoms with Gasteiger partial charge < -0.3 is 5.11 Å². The van der Waals surface area contributed by atoms with Crippen LogP contribution in [0.1, 0.15) is 21.5 Å². The van der Waals surface area contributed by atoms with Crippen LogP contribution in [0.5, 0.6) is 0 Å². The van der Waals surface area contributed by atoms with Gasteiger partial charge in [-0.05, 0) is 30.3 Å². The molecule has 3 nitrogen and oxygen atoms in total. The summed E-state index contributed by atoms with van der Waals surface area (Å²) in [4.78, 5) is 14.5. The second kappa shape index (κ2) is 5.58. The van der Waals surface area contributed by atoms with Gasteiger partial charge in [0.15, 0.2) is 5.72 Å². The first-order valence-corrected chi connectivity index (χ1v) is 8.39. The number of benzene rings is 3. The van der Waals surface area contributed by atoms with Crippen LogP contribution in [0.2, 0.25) is 0 Å². The van der Waals surface area contributed by atoms with E-state index in [1.165, 1.54) is 4.90 Å². The van der Waals surface area contributed by atoms with Crippen LogP contribution in [0.15, 0.2) is 83.3 Å². The first kappa shape index (κ1) is 15.1. The molecule has 3 aromatic rings. The van der Waals surface area contributed by atoms with Gasteiger partial charge in [0, 0.05) is 26.9 Å². The summed E-state index contributed by atoms with van der Waals surface area (Å²) in [6, 6.07) is 23.8. The summed E-state index contributed by atoms with van der Waals surface area (Å²) in [5.41, 5.74) is 0.899. The van der Waals surface area contributed by atoms with E-state index in [0.717, 1.165) is 4.47 Å². The average molecular weight is 380 g/mol. The Hall–Kier alpha value is -2.43. The van der Waals surface area contributed by atoms with Crippen LogP contribution in [0.4, 0.5) is 5.69 Å². The molecule has 4 rings (SSSR count). The number of anilines is 1. The van der Waals surface area contributed by atoms with E-state index in [0.29, 0.717) is 22.4 Å². The molecule has 0 aliphatic carbocycles. The molecule has 1 amide bonds. The number of halogens is 1. The highest BCUT2D eigenvalue weighted by Gasteiger charge is 2.50. The third-order valence-corrected chi connectivity index (χ3v) is 4.85. The minimum absolute atomic E-state index is 0.209. The van der Waals surface area contributed by atoms with Crippen molar-refractivity contribution in [2.45, 2.75) is 5.72 Å². The van der Waals surface area contributed by atoms with Gasteiger partial charge in [0.25, 0.3) is 5.91 Å². The van der Waals surface area contributed by atoms with Crippen molar-refractivity contribution in [3.63, 3.8) is 0 Å². The van der Waals surface area contributed by atoms with Gasteiger partial charge in [-0.1, -0.05) is 64.5 Å². The van der Waals surface area contributed by atoms with Crippen molar-refractivity contribution >= 4 is 27.5 Å². The second-order valence-corrected chi connectivity index (χ2v) is 6.62. The molecule has 0 fully saturated rings. The van der Waals surface area contributed by atoms with Crippen LogP contribution in [0.25, 0.3) is 0 Å². The third kappa shape index (κ3) is 2.11. The molecule has 1 aliphatic heterocycles. The first-order chi connectivity index (χ1) is 11.6. The monoisotopic (exact) mass is 379 g/mol. The number of carbonyl (C=O) groups excluding carboxylic acids is 1. The zero-order valence-corrected chi connectivity index (χ0v) is 14.3. The van der Waals surface area contributed by atoms with Crippen LogP contribution in [-0.2, 0) is 5.72 Å². The van der Waals surface area contributed by atoms with Gasteiger partial charge in [0.05, 0.1) is 0 Å². The number of fused-ring (bicyclic) bond motifs is 1. The molecule has 1 heterocycles. The Morgan fingerprint density at radius 3 is 2.17 bits per heavy atom. The zero-order valence-electron chi connectivity index (χ0n) is 12.7. The number of hydrogen-bond acceptors (Lipinski definition) is 2. The highest BCUT2D eigenvalue weighted by Crippen LogP contribution is 2.44.